The third-order valence-corrected chi connectivity index (χ3v) is 0. The van der Waals surface area contributed by atoms with E-state index in [0.717, 1.165) is 0 Å². The van der Waals surface area contributed by atoms with Crippen LogP contribution in [-0.4, -0.2) is 0 Å². The Bertz CT molecular complexity index is 25.2. The first-order chi connectivity index (χ1) is 2.83. The number of rotatable bonds is 0. The monoisotopic (exact) mass is 262 g/mol. The van der Waals surface area contributed by atoms with Gasteiger partial charge in [0.2, 0.25) is 0 Å². The second-order valence-corrected chi connectivity index (χ2v) is 0.577. The van der Waals surface area contributed by atoms with Gasteiger partial charge >= 0.3 is 0 Å². The van der Waals surface area contributed by atoms with Gasteiger partial charge in [-0.3, -0.25) is 0 Å². The van der Waals surface area contributed by atoms with Crippen LogP contribution in [0.5, 0.6) is 0 Å². The second-order valence-electron chi connectivity index (χ2n) is 0.577. The molecule has 0 spiro atoms. The molecular formula is C6H10Hf-2. The maximum absolute atomic E-state index is 3.25. The second kappa shape index (κ2) is 36.1. The SMILES string of the molecule is C=C[CH2-].C=C[CH2-].[Hf]. The fraction of sp³-hybridized carbons (Fsp3) is 0. The Morgan fingerprint density at radius 2 is 1.00 bits per heavy atom. The summed E-state index contributed by atoms with van der Waals surface area (Å²) in [6.07, 6.45) is 3.00. The largest absolute Gasteiger partial charge is 0.245 e. The van der Waals surface area contributed by atoms with Gasteiger partial charge in [-0.05, 0) is 0 Å². The fourth-order valence-electron chi connectivity index (χ4n) is 0. The van der Waals surface area contributed by atoms with E-state index in [0.29, 0.717) is 0 Å². The van der Waals surface area contributed by atoms with Gasteiger partial charge in [0.25, 0.3) is 0 Å². The van der Waals surface area contributed by atoms with E-state index in [2.05, 4.69) is 27.0 Å². The van der Waals surface area contributed by atoms with Gasteiger partial charge in [0.15, 0.2) is 0 Å². The molecule has 0 unspecified atom stereocenters. The Kier molecular flexibility index (Phi) is 81.1. The topological polar surface area (TPSA) is 0 Å². The van der Waals surface area contributed by atoms with E-state index >= 15 is 0 Å². The predicted molar refractivity (Wildman–Crippen MR) is 31.1 cm³/mol. The van der Waals surface area contributed by atoms with Crippen LogP contribution in [0.15, 0.2) is 25.3 Å². The zero-order valence-electron chi connectivity index (χ0n) is 4.48. The fourth-order valence-corrected chi connectivity index (χ4v) is 0. The number of hydrogen-bond acceptors (Lipinski definition) is 0. The molecular weight excluding hydrogens is 251 g/mol. The van der Waals surface area contributed by atoms with Crippen LogP contribution in [0.25, 0.3) is 0 Å². The van der Waals surface area contributed by atoms with Gasteiger partial charge < -0.3 is 0 Å². The molecule has 0 radical (unpaired) electrons. The van der Waals surface area contributed by atoms with Gasteiger partial charge in [0.05, 0.1) is 0 Å². The molecule has 0 saturated heterocycles. The molecule has 40 valence electrons. The summed E-state index contributed by atoms with van der Waals surface area (Å²) in [4.78, 5) is 0. The van der Waals surface area contributed by atoms with Gasteiger partial charge in [-0.25, -0.2) is 39.2 Å². The molecule has 0 aliphatic carbocycles. The van der Waals surface area contributed by atoms with Gasteiger partial charge in [-0.15, -0.1) is 0 Å². The van der Waals surface area contributed by atoms with E-state index < -0.39 is 0 Å². The third-order valence-electron chi connectivity index (χ3n) is 0. The van der Waals surface area contributed by atoms with Crippen LogP contribution in [0.2, 0.25) is 0 Å². The zero-order valence-corrected chi connectivity index (χ0v) is 8.08. The molecule has 0 fully saturated rings. The molecule has 0 nitrogen and oxygen atoms in total. The smallest absolute Gasteiger partial charge is 0 e. The van der Waals surface area contributed by atoms with E-state index in [1.807, 2.05) is 0 Å². The Morgan fingerprint density at radius 1 is 1.00 bits per heavy atom. The van der Waals surface area contributed by atoms with Crippen molar-refractivity contribution in [3.63, 3.8) is 0 Å². The molecule has 0 bridgehead atoms. The van der Waals surface area contributed by atoms with Crippen molar-refractivity contribution in [2.75, 3.05) is 0 Å². The minimum Gasteiger partial charge on any atom is -0.245 e. The molecule has 7 heavy (non-hydrogen) atoms. The first-order valence-electron chi connectivity index (χ1n) is 1.63. The van der Waals surface area contributed by atoms with Crippen molar-refractivity contribution in [2.24, 2.45) is 0 Å². The zero-order chi connectivity index (χ0) is 5.41. The summed E-state index contributed by atoms with van der Waals surface area (Å²) < 4.78 is 0. The Labute approximate surface area is 65.1 Å². The summed E-state index contributed by atoms with van der Waals surface area (Å²) >= 11 is 0. The third kappa shape index (κ3) is 12500. The van der Waals surface area contributed by atoms with E-state index in [1.54, 1.807) is 0 Å². The quantitative estimate of drug-likeness (QED) is 0.462. The van der Waals surface area contributed by atoms with E-state index in [4.69, 9.17) is 0 Å². The molecule has 1 heteroatoms. The molecule has 0 aromatic rings. The molecule has 0 aliphatic heterocycles. The van der Waals surface area contributed by atoms with Gasteiger partial charge in [-0.2, -0.15) is 0 Å². The van der Waals surface area contributed by atoms with Crippen LogP contribution in [-0.2, 0) is 25.8 Å². The van der Waals surface area contributed by atoms with Crippen LogP contribution in [0, 0.1) is 13.8 Å². The Hall–Kier alpha value is 0.0901. The van der Waals surface area contributed by atoms with E-state index in [-0.39, 0.29) is 25.8 Å². The molecule has 0 rings (SSSR count). The van der Waals surface area contributed by atoms with Crippen LogP contribution >= 0.6 is 0 Å². The normalized spacial score (nSPS) is 3.43. The van der Waals surface area contributed by atoms with Gasteiger partial charge in [-0.1, -0.05) is 0 Å². The van der Waals surface area contributed by atoms with Crippen LogP contribution in [0.1, 0.15) is 0 Å². The molecule has 0 aromatic heterocycles. The van der Waals surface area contributed by atoms with Crippen molar-refractivity contribution >= 4 is 0 Å². The number of allylic oxidation sites excluding steroid dienone is 2. The van der Waals surface area contributed by atoms with Crippen molar-refractivity contribution in [1.29, 1.82) is 0 Å². The van der Waals surface area contributed by atoms with E-state index in [9.17, 15) is 0 Å². The summed E-state index contributed by atoms with van der Waals surface area (Å²) in [5.74, 6) is 0. The van der Waals surface area contributed by atoms with E-state index in [1.165, 1.54) is 12.2 Å². The summed E-state index contributed by atoms with van der Waals surface area (Å²) in [5.41, 5.74) is 0. The minimum absolute atomic E-state index is 0. The molecule has 0 saturated carbocycles. The van der Waals surface area contributed by atoms with Crippen LogP contribution in [0.4, 0.5) is 0 Å². The first-order valence-corrected chi connectivity index (χ1v) is 1.63. The predicted octanol–water partition coefficient (Wildman–Crippen LogP) is 2.01. The average molecular weight is 261 g/mol. The molecule has 0 amide bonds. The molecule has 0 aliphatic rings. The maximum Gasteiger partial charge on any atom is 0 e. The van der Waals surface area contributed by atoms with Crippen molar-refractivity contribution < 1.29 is 25.8 Å². The standard InChI is InChI=1S/2C3H5.Hf/c2*1-3-2;/h2*3H,1-2H2;/q2*-1;. The van der Waals surface area contributed by atoms with Crippen molar-refractivity contribution in [3.05, 3.63) is 39.2 Å². The summed E-state index contributed by atoms with van der Waals surface area (Å²) in [6.45, 7) is 13.0. The maximum atomic E-state index is 3.25. The van der Waals surface area contributed by atoms with Crippen molar-refractivity contribution in [2.45, 2.75) is 0 Å². The molecule has 0 aromatic carbocycles. The van der Waals surface area contributed by atoms with Crippen LogP contribution in [0.3, 0.4) is 0 Å². The van der Waals surface area contributed by atoms with Gasteiger partial charge in [0.1, 0.15) is 0 Å². The summed E-state index contributed by atoms with van der Waals surface area (Å²) in [6, 6.07) is 0. The summed E-state index contributed by atoms with van der Waals surface area (Å²) in [7, 11) is 0. The van der Waals surface area contributed by atoms with Crippen molar-refractivity contribution in [3.8, 4) is 0 Å². The molecule has 0 N–H and O–H groups in total. The minimum atomic E-state index is 0. The number of hydrogen-bond donors (Lipinski definition) is 0. The summed E-state index contributed by atoms with van der Waals surface area (Å²) in [5, 5.41) is 0. The molecule has 0 heterocycles. The average Bonchev–Trinajstić information content (AvgIpc) is 1.39. The van der Waals surface area contributed by atoms with Crippen molar-refractivity contribution in [1.82, 2.24) is 0 Å². The Morgan fingerprint density at radius 3 is 1.00 bits per heavy atom. The van der Waals surface area contributed by atoms with Gasteiger partial charge in [0, 0.05) is 25.8 Å². The first kappa shape index (κ1) is 15.7. The molecule has 0 atom stereocenters. The Balaban J connectivity index is -0.0000000400. The van der Waals surface area contributed by atoms with Crippen LogP contribution < -0.4 is 0 Å².